The van der Waals surface area contributed by atoms with Crippen molar-refractivity contribution in [3.05, 3.63) is 0 Å². The topological polar surface area (TPSA) is 26.3 Å². The van der Waals surface area contributed by atoms with E-state index >= 15 is 0 Å². The summed E-state index contributed by atoms with van der Waals surface area (Å²) in [6.07, 6.45) is 27.0. The van der Waals surface area contributed by atoms with Gasteiger partial charge in [-0.05, 0) is 6.42 Å². The van der Waals surface area contributed by atoms with Crippen LogP contribution >= 0.6 is 0 Å². The number of carbonyl (C=O) groups is 1. The van der Waals surface area contributed by atoms with Gasteiger partial charge in [0.2, 0.25) is 0 Å². The Morgan fingerprint density at radius 1 is 0.577 bits per heavy atom. The van der Waals surface area contributed by atoms with E-state index in [1.807, 2.05) is 0 Å². The summed E-state index contributed by atoms with van der Waals surface area (Å²) in [4.78, 5) is 11.0. The maximum absolute atomic E-state index is 11.0. The summed E-state index contributed by atoms with van der Waals surface area (Å²) in [5.74, 6) is -0.00126. The second kappa shape index (κ2) is 25.5. The van der Waals surface area contributed by atoms with Gasteiger partial charge in [0.05, 0.1) is 0 Å². The van der Waals surface area contributed by atoms with Gasteiger partial charge >= 0.3 is 16.6 Å². The normalized spacial score (nSPS) is 10.5. The third-order valence-corrected chi connectivity index (χ3v) is 5.67. The second-order valence-corrected chi connectivity index (χ2v) is 8.10. The minimum absolute atomic E-state index is 0. The predicted molar refractivity (Wildman–Crippen MR) is 113 cm³/mol. The van der Waals surface area contributed by atoms with Crippen LogP contribution in [0.25, 0.3) is 0 Å². The molecule has 0 spiro atoms. The van der Waals surface area contributed by atoms with Gasteiger partial charge in [0, 0.05) is 23.5 Å². The van der Waals surface area contributed by atoms with Gasteiger partial charge in [-0.25, -0.2) is 0 Å². The van der Waals surface area contributed by atoms with E-state index in [0.717, 1.165) is 6.42 Å². The standard InChI is InChI=1S/C22H44O2.Al.Fe.2H/c1-2-3-4-5-6-7-8-9-10-11-12-13-14-15-16-17-18-19-20-21-22(23)24;;;;/h2-21H2,1H3,(H,23,24);;;;/q;+1;;;/p-1. The Labute approximate surface area is 183 Å². The smallest absolute Gasteiger partial charge is 0.499 e. The molecule has 0 radical (unpaired) electrons. The Balaban J connectivity index is 0. The van der Waals surface area contributed by atoms with Crippen molar-refractivity contribution in [1.82, 2.24) is 0 Å². The summed E-state index contributed by atoms with van der Waals surface area (Å²) in [6.45, 7) is 2.29. The summed E-state index contributed by atoms with van der Waals surface area (Å²) in [5, 5.41) is 0. The van der Waals surface area contributed by atoms with Gasteiger partial charge in [-0.2, -0.15) is 0 Å². The molecule has 0 aliphatic heterocycles. The van der Waals surface area contributed by atoms with Crippen molar-refractivity contribution in [2.75, 3.05) is 0 Å². The Hall–Kier alpha value is 0.522. The van der Waals surface area contributed by atoms with Gasteiger partial charge in [-0.3, -0.25) is 4.79 Å². The molecule has 0 N–H and O–H groups in total. The van der Waals surface area contributed by atoms with Crippen LogP contribution in [0, 0.1) is 0 Å². The number of rotatable bonds is 20. The van der Waals surface area contributed by atoms with E-state index in [1.54, 1.807) is 0 Å². The van der Waals surface area contributed by atoms with Gasteiger partial charge in [0.1, 0.15) is 0 Å². The molecule has 0 aromatic heterocycles. The molecular weight excluding hydrogens is 379 g/mol. The van der Waals surface area contributed by atoms with E-state index in [9.17, 15) is 4.79 Å². The second-order valence-electron chi connectivity index (χ2n) is 7.69. The van der Waals surface area contributed by atoms with Gasteiger partial charge in [-0.1, -0.05) is 122 Å². The number of hydrogen-bond acceptors (Lipinski definition) is 2. The van der Waals surface area contributed by atoms with E-state index in [1.165, 1.54) is 116 Å². The zero-order valence-electron chi connectivity index (χ0n) is 17.8. The molecular formula is C22H45AlFeO2. The van der Waals surface area contributed by atoms with Crippen LogP contribution in [0.5, 0.6) is 0 Å². The molecule has 0 aromatic rings. The molecule has 0 saturated carbocycles. The van der Waals surface area contributed by atoms with Crippen LogP contribution < -0.4 is 0 Å². The molecule has 156 valence electrons. The van der Waals surface area contributed by atoms with E-state index in [2.05, 4.69) is 6.92 Å². The molecule has 0 saturated heterocycles. The fourth-order valence-corrected chi connectivity index (χ4v) is 3.65. The average molecular weight is 424 g/mol. The van der Waals surface area contributed by atoms with E-state index in [4.69, 9.17) is 3.79 Å². The van der Waals surface area contributed by atoms with Crippen LogP contribution in [0.1, 0.15) is 135 Å². The fourth-order valence-electron chi connectivity index (χ4n) is 3.45. The molecule has 26 heavy (non-hydrogen) atoms. The van der Waals surface area contributed by atoms with Gasteiger partial charge < -0.3 is 3.79 Å². The molecule has 4 heteroatoms. The van der Waals surface area contributed by atoms with Crippen molar-refractivity contribution >= 4 is 22.6 Å². The van der Waals surface area contributed by atoms with Crippen LogP contribution in [0.4, 0.5) is 0 Å². The van der Waals surface area contributed by atoms with Crippen LogP contribution in [-0.2, 0) is 25.7 Å². The minimum atomic E-state index is -0.00126. The monoisotopic (exact) mass is 424 g/mol. The molecule has 0 heterocycles. The average Bonchev–Trinajstić information content (AvgIpc) is 2.63. The summed E-state index contributed by atoms with van der Waals surface area (Å²) in [5.41, 5.74) is 0. The molecule has 0 aliphatic carbocycles. The third-order valence-electron chi connectivity index (χ3n) is 5.21. The van der Waals surface area contributed by atoms with Crippen molar-refractivity contribution in [1.29, 1.82) is 0 Å². The van der Waals surface area contributed by atoms with Crippen LogP contribution in [0.15, 0.2) is 0 Å². The number of hydrogen-bond donors (Lipinski definition) is 0. The number of carbonyl (C=O) groups excluding carboxylic acids is 1. The van der Waals surface area contributed by atoms with Crippen LogP contribution in [0.3, 0.4) is 0 Å². The summed E-state index contributed by atoms with van der Waals surface area (Å²) >= 11 is 0.544. The zero-order chi connectivity index (χ0) is 18.4. The van der Waals surface area contributed by atoms with Gasteiger partial charge in [0.15, 0.2) is 0 Å². The van der Waals surface area contributed by atoms with E-state index < -0.39 is 0 Å². The first-order valence-corrected chi connectivity index (χ1v) is 12.2. The zero-order valence-corrected chi connectivity index (χ0v) is 20.9. The van der Waals surface area contributed by atoms with Crippen molar-refractivity contribution in [3.8, 4) is 0 Å². The first-order chi connectivity index (χ1) is 12.3. The quantitative estimate of drug-likeness (QED) is 0.157. The number of unbranched alkanes of at least 4 members (excludes halogenated alkanes) is 18. The van der Waals surface area contributed by atoms with E-state index in [-0.39, 0.29) is 23.0 Å². The molecule has 0 bridgehead atoms. The Bertz CT molecular complexity index is 275. The molecule has 0 unspecified atom stereocenters. The first kappa shape index (κ1) is 28.7. The van der Waals surface area contributed by atoms with Crippen LogP contribution in [0.2, 0.25) is 0 Å². The first-order valence-electron chi connectivity index (χ1n) is 11.4. The summed E-state index contributed by atoms with van der Waals surface area (Å²) in [7, 11) is 0. The molecule has 0 atom stereocenters. The van der Waals surface area contributed by atoms with Gasteiger partial charge in [-0.15, -0.1) is 0 Å². The molecule has 0 aromatic carbocycles. The maximum atomic E-state index is 11.0. The summed E-state index contributed by atoms with van der Waals surface area (Å²) in [6, 6.07) is 0. The SMILES string of the molecule is CCCCCCCCCCCCCCCCCCCCCC(=O)[O][AlH2].[Fe]. The molecule has 0 rings (SSSR count). The molecule has 0 fully saturated rings. The molecule has 0 amide bonds. The third kappa shape index (κ3) is 24.5. The Morgan fingerprint density at radius 2 is 0.846 bits per heavy atom. The van der Waals surface area contributed by atoms with Crippen molar-refractivity contribution in [2.45, 2.75) is 135 Å². The maximum Gasteiger partial charge on any atom is 0.499 e. The Kier molecular flexibility index (Phi) is 28.2. The van der Waals surface area contributed by atoms with Gasteiger partial charge in [0.25, 0.3) is 5.97 Å². The minimum Gasteiger partial charge on any atom is -0.621 e. The molecule has 0 aliphatic rings. The van der Waals surface area contributed by atoms with Crippen molar-refractivity contribution < 1.29 is 25.7 Å². The molecule has 2 nitrogen and oxygen atoms in total. The van der Waals surface area contributed by atoms with Crippen molar-refractivity contribution in [2.24, 2.45) is 0 Å². The fraction of sp³-hybridized carbons (Fsp3) is 0.955. The Morgan fingerprint density at radius 3 is 1.12 bits per heavy atom. The summed E-state index contributed by atoms with van der Waals surface area (Å²) < 4.78 is 4.79. The largest absolute Gasteiger partial charge is 0.621 e. The predicted octanol–water partition coefficient (Wildman–Crippen LogP) is 6.90. The van der Waals surface area contributed by atoms with Crippen molar-refractivity contribution in [3.63, 3.8) is 0 Å². The van der Waals surface area contributed by atoms with E-state index in [0.29, 0.717) is 23.0 Å². The van der Waals surface area contributed by atoms with Crippen LogP contribution in [-0.4, -0.2) is 22.6 Å².